The van der Waals surface area contributed by atoms with Crippen LogP contribution in [0.5, 0.6) is 0 Å². The lowest BCUT2D eigenvalue weighted by molar-refractivity contribution is -0.127. The van der Waals surface area contributed by atoms with Gasteiger partial charge in [0.15, 0.2) is 0 Å². The maximum atomic E-state index is 12.9. The summed E-state index contributed by atoms with van der Waals surface area (Å²) >= 11 is 0. The van der Waals surface area contributed by atoms with Crippen LogP contribution in [0.3, 0.4) is 0 Å². The van der Waals surface area contributed by atoms with Gasteiger partial charge in [-0.1, -0.05) is 24.3 Å². The average Bonchev–Trinajstić information content (AvgIpc) is 3.03. The fraction of sp³-hybridized carbons (Fsp3) is 0.412. The number of aryl methyl sites for hydroxylation is 1. The van der Waals surface area contributed by atoms with Crippen molar-refractivity contribution in [2.75, 3.05) is 4.90 Å². The molecule has 102 valence electrons. The predicted octanol–water partition coefficient (Wildman–Crippen LogP) is 2.70. The topological polar surface area (TPSA) is 37.4 Å². The van der Waals surface area contributed by atoms with Gasteiger partial charge in [0.25, 0.3) is 0 Å². The molecule has 1 aliphatic heterocycles. The normalized spacial score (nSPS) is 37.9. The quantitative estimate of drug-likeness (QED) is 0.579. The Morgan fingerprint density at radius 2 is 2.05 bits per heavy atom. The highest BCUT2D eigenvalue weighted by Gasteiger charge is 2.67. The number of amides is 2. The van der Waals surface area contributed by atoms with E-state index in [-0.39, 0.29) is 29.6 Å². The van der Waals surface area contributed by atoms with Crippen LogP contribution in [0, 0.1) is 30.1 Å². The summed E-state index contributed by atoms with van der Waals surface area (Å²) in [7, 11) is 0. The van der Waals surface area contributed by atoms with E-state index >= 15 is 0 Å². The molecule has 0 unspecified atom stereocenters. The number of carbonyl (C=O) groups excluding carboxylic acids is 2. The first kappa shape index (κ1) is 11.9. The molecule has 1 aromatic rings. The summed E-state index contributed by atoms with van der Waals surface area (Å²) in [4.78, 5) is 27.1. The minimum Gasteiger partial charge on any atom is -0.274 e. The molecule has 1 aromatic carbocycles. The Bertz CT molecular complexity index is 663. The van der Waals surface area contributed by atoms with Crippen molar-refractivity contribution in [3.63, 3.8) is 0 Å². The largest absolute Gasteiger partial charge is 0.274 e. The second-order valence-corrected chi connectivity index (χ2v) is 6.47. The third-order valence-electron chi connectivity index (χ3n) is 5.37. The lowest BCUT2D eigenvalue weighted by Crippen LogP contribution is -2.37. The third kappa shape index (κ3) is 1.21. The van der Waals surface area contributed by atoms with Gasteiger partial charge < -0.3 is 0 Å². The van der Waals surface area contributed by atoms with Crippen LogP contribution in [0.2, 0.25) is 0 Å². The van der Waals surface area contributed by atoms with Crippen LogP contribution in [0.15, 0.2) is 36.4 Å². The smallest absolute Gasteiger partial charge is 0.241 e. The molecule has 0 spiro atoms. The summed E-state index contributed by atoms with van der Waals surface area (Å²) in [6.07, 6.45) is 5.22. The van der Waals surface area contributed by atoms with Crippen LogP contribution in [-0.2, 0) is 9.59 Å². The van der Waals surface area contributed by atoms with Crippen LogP contribution in [0.1, 0.15) is 18.9 Å². The third-order valence-corrected chi connectivity index (χ3v) is 5.37. The average molecular weight is 267 g/mol. The molecule has 2 amide bonds. The Labute approximate surface area is 118 Å². The Morgan fingerprint density at radius 3 is 2.75 bits per heavy atom. The van der Waals surface area contributed by atoms with Crippen molar-refractivity contribution in [3.05, 3.63) is 42.0 Å². The van der Waals surface area contributed by atoms with Crippen LogP contribution < -0.4 is 4.90 Å². The van der Waals surface area contributed by atoms with E-state index in [9.17, 15) is 9.59 Å². The van der Waals surface area contributed by atoms with Gasteiger partial charge in [0.2, 0.25) is 11.8 Å². The lowest BCUT2D eigenvalue weighted by Gasteiger charge is -2.28. The highest BCUT2D eigenvalue weighted by molar-refractivity contribution is 6.24. The first-order chi connectivity index (χ1) is 9.53. The Morgan fingerprint density at radius 1 is 1.25 bits per heavy atom. The Balaban J connectivity index is 1.82. The van der Waals surface area contributed by atoms with Gasteiger partial charge in [-0.3, -0.25) is 9.59 Å². The second-order valence-electron chi connectivity index (χ2n) is 6.47. The lowest BCUT2D eigenvalue weighted by atomic mass is 9.71. The molecule has 2 fully saturated rings. The number of hydrogen-bond acceptors (Lipinski definition) is 2. The van der Waals surface area contributed by atoms with E-state index in [1.807, 2.05) is 38.1 Å². The number of fused-ring (bicyclic) bond motifs is 5. The Hall–Kier alpha value is -1.90. The molecule has 1 saturated carbocycles. The molecular formula is C17H17NO2. The number of hydrogen-bond donors (Lipinski definition) is 0. The minimum absolute atomic E-state index is 0.0139. The van der Waals surface area contributed by atoms with Crippen molar-refractivity contribution in [1.82, 2.24) is 0 Å². The molecule has 20 heavy (non-hydrogen) atoms. The molecule has 1 saturated heterocycles. The van der Waals surface area contributed by atoms with Crippen molar-refractivity contribution in [3.8, 4) is 0 Å². The molecule has 1 heterocycles. The second kappa shape index (κ2) is 3.60. The van der Waals surface area contributed by atoms with E-state index in [2.05, 4.69) is 12.2 Å². The van der Waals surface area contributed by atoms with Gasteiger partial charge in [0.1, 0.15) is 0 Å². The maximum absolute atomic E-state index is 12.9. The number of allylic oxidation sites excluding steroid dienone is 2. The fourth-order valence-corrected chi connectivity index (χ4v) is 4.32. The molecule has 3 heteroatoms. The first-order valence-electron chi connectivity index (χ1n) is 7.17. The summed E-state index contributed by atoms with van der Waals surface area (Å²) in [6.45, 7) is 3.95. The molecule has 4 atom stereocenters. The highest BCUT2D eigenvalue weighted by atomic mass is 16.2. The van der Waals surface area contributed by atoms with Gasteiger partial charge in [-0.2, -0.15) is 0 Å². The van der Waals surface area contributed by atoms with Gasteiger partial charge in [0, 0.05) is 0 Å². The molecule has 0 radical (unpaired) electrons. The molecule has 3 aliphatic rings. The van der Waals surface area contributed by atoms with E-state index in [0.29, 0.717) is 0 Å². The van der Waals surface area contributed by atoms with E-state index in [1.54, 1.807) is 0 Å². The maximum Gasteiger partial charge on any atom is 0.241 e. The number of benzene rings is 1. The van der Waals surface area contributed by atoms with Gasteiger partial charge in [-0.25, -0.2) is 4.90 Å². The first-order valence-corrected chi connectivity index (χ1v) is 7.17. The summed E-state index contributed by atoms with van der Waals surface area (Å²) in [5.74, 6) is 0.278. The van der Waals surface area contributed by atoms with Crippen LogP contribution in [0.4, 0.5) is 5.69 Å². The Kier molecular flexibility index (Phi) is 2.14. The van der Waals surface area contributed by atoms with E-state index < -0.39 is 5.41 Å². The molecule has 2 bridgehead atoms. The van der Waals surface area contributed by atoms with Gasteiger partial charge in [-0.15, -0.1) is 0 Å². The van der Waals surface area contributed by atoms with Crippen LogP contribution in [0.25, 0.3) is 0 Å². The number of imide groups is 1. The number of rotatable bonds is 1. The van der Waals surface area contributed by atoms with Crippen LogP contribution in [-0.4, -0.2) is 11.8 Å². The van der Waals surface area contributed by atoms with Crippen molar-refractivity contribution in [2.45, 2.75) is 20.3 Å². The van der Waals surface area contributed by atoms with Gasteiger partial charge >= 0.3 is 0 Å². The number of anilines is 1. The monoisotopic (exact) mass is 267 g/mol. The minimum atomic E-state index is -0.528. The zero-order valence-corrected chi connectivity index (χ0v) is 11.7. The summed E-state index contributed by atoms with van der Waals surface area (Å²) in [5.41, 5.74) is 1.25. The molecule has 0 aromatic heterocycles. The summed E-state index contributed by atoms with van der Waals surface area (Å²) in [5, 5.41) is 0. The van der Waals surface area contributed by atoms with Gasteiger partial charge in [0.05, 0.1) is 17.0 Å². The molecule has 3 nitrogen and oxygen atoms in total. The van der Waals surface area contributed by atoms with Crippen molar-refractivity contribution < 1.29 is 9.59 Å². The van der Waals surface area contributed by atoms with Crippen molar-refractivity contribution in [2.24, 2.45) is 23.2 Å². The molecule has 4 rings (SSSR count). The molecular weight excluding hydrogens is 250 g/mol. The predicted molar refractivity (Wildman–Crippen MR) is 76.0 cm³/mol. The summed E-state index contributed by atoms with van der Waals surface area (Å²) in [6, 6.07) is 7.63. The summed E-state index contributed by atoms with van der Waals surface area (Å²) < 4.78 is 0. The highest BCUT2D eigenvalue weighted by Crippen LogP contribution is 2.60. The SMILES string of the molecule is Cc1cccc(N2C(=O)[C@H]3[C@H]4C=C[C@@H](C4)[C@]3(C)C2=O)c1. The van der Waals surface area contributed by atoms with Crippen molar-refractivity contribution >= 4 is 17.5 Å². The van der Waals surface area contributed by atoms with Crippen molar-refractivity contribution in [1.29, 1.82) is 0 Å². The fourth-order valence-electron chi connectivity index (χ4n) is 4.32. The zero-order chi connectivity index (χ0) is 14.1. The van der Waals surface area contributed by atoms with E-state index in [0.717, 1.165) is 17.7 Å². The van der Waals surface area contributed by atoms with E-state index in [1.165, 1.54) is 4.90 Å². The van der Waals surface area contributed by atoms with E-state index in [4.69, 9.17) is 0 Å². The number of nitrogens with zero attached hydrogens (tertiary/aromatic N) is 1. The van der Waals surface area contributed by atoms with Gasteiger partial charge in [-0.05, 0) is 49.8 Å². The number of carbonyl (C=O) groups is 2. The standard InChI is InChI=1S/C17H17NO2/c1-10-4-3-5-13(8-10)18-15(19)14-11-6-7-12(9-11)17(14,2)16(18)20/h3-8,11-12,14H,9H2,1-2H3/t11-,12-,14+,17-/m0/s1. The molecule has 2 aliphatic carbocycles. The zero-order valence-electron chi connectivity index (χ0n) is 11.7. The van der Waals surface area contributed by atoms with Crippen LogP contribution >= 0.6 is 0 Å². The molecule has 0 N–H and O–H groups in total.